The Labute approximate surface area is 243 Å². The summed E-state index contributed by atoms with van der Waals surface area (Å²) in [7, 11) is 0. The Morgan fingerprint density at radius 3 is 1.90 bits per heavy atom. The molecule has 3 N–H and O–H groups in total. The highest BCUT2D eigenvalue weighted by atomic mass is 16.7. The van der Waals surface area contributed by atoms with Crippen molar-refractivity contribution in [1.82, 2.24) is 0 Å². The summed E-state index contributed by atoms with van der Waals surface area (Å²) in [5.74, 6) is -1.96. The summed E-state index contributed by atoms with van der Waals surface area (Å²) in [6.07, 6.45) is 4.75. The van der Waals surface area contributed by atoms with Crippen LogP contribution in [0.4, 0.5) is 9.59 Å². The molecule has 1 aromatic rings. The van der Waals surface area contributed by atoms with Crippen LogP contribution in [0.3, 0.4) is 0 Å². The molecule has 1 rings (SSSR count). The summed E-state index contributed by atoms with van der Waals surface area (Å²) in [5, 5.41) is 9.94. The second-order valence-electron chi connectivity index (χ2n) is 10.2. The lowest BCUT2D eigenvalue weighted by Gasteiger charge is -2.28. The van der Waals surface area contributed by atoms with Gasteiger partial charge in [-0.15, -0.1) is 0 Å². The molecule has 1 unspecified atom stereocenters. The van der Waals surface area contributed by atoms with Gasteiger partial charge in [-0.2, -0.15) is 0 Å². The standard InChI is InChI=1S/C30H47NO10/c1-5-8-11-14-26(32)39-22(4)20-30(31,27(33)34)21-23-15-16-24(40-28(35)37-17-12-9-6-2)25(19-23)41-29(36)38-18-13-10-7-3/h15-16,19,22H,5-14,17-18,20-21,31H2,1-4H3,(H,33,34)/t22-,30?/m0/s1. The fourth-order valence-corrected chi connectivity index (χ4v) is 4.04. The zero-order chi connectivity index (χ0) is 30.7. The van der Waals surface area contributed by atoms with Crippen LogP contribution in [-0.2, 0) is 30.2 Å². The number of rotatable bonds is 20. The van der Waals surface area contributed by atoms with Crippen LogP contribution in [0, 0.1) is 0 Å². The molecule has 11 heteroatoms. The molecule has 2 atom stereocenters. The number of nitrogens with two attached hydrogens (primary N) is 1. The van der Waals surface area contributed by atoms with Gasteiger partial charge in [0.2, 0.25) is 0 Å². The van der Waals surface area contributed by atoms with Crippen LogP contribution in [-0.4, -0.2) is 54.2 Å². The van der Waals surface area contributed by atoms with Crippen molar-refractivity contribution in [2.75, 3.05) is 13.2 Å². The molecule has 0 aliphatic heterocycles. The van der Waals surface area contributed by atoms with E-state index in [1.54, 1.807) is 6.92 Å². The lowest BCUT2D eigenvalue weighted by Crippen LogP contribution is -2.52. The van der Waals surface area contributed by atoms with E-state index < -0.39 is 35.9 Å². The summed E-state index contributed by atoms with van der Waals surface area (Å²) in [6.45, 7) is 7.98. The van der Waals surface area contributed by atoms with Crippen molar-refractivity contribution in [1.29, 1.82) is 0 Å². The molecule has 0 saturated carbocycles. The maximum Gasteiger partial charge on any atom is 0.513 e. The number of ether oxygens (including phenoxy) is 5. The highest BCUT2D eigenvalue weighted by molar-refractivity contribution is 5.79. The van der Waals surface area contributed by atoms with E-state index in [0.717, 1.165) is 38.5 Å². The molecule has 0 spiro atoms. The molecule has 0 aliphatic carbocycles. The second-order valence-corrected chi connectivity index (χ2v) is 10.2. The van der Waals surface area contributed by atoms with E-state index in [4.69, 9.17) is 29.4 Å². The molecule has 0 aromatic heterocycles. The molecule has 0 radical (unpaired) electrons. The molecule has 11 nitrogen and oxygen atoms in total. The van der Waals surface area contributed by atoms with Crippen molar-refractivity contribution in [2.45, 2.75) is 116 Å². The fraction of sp³-hybridized carbons (Fsp3) is 0.667. The van der Waals surface area contributed by atoms with E-state index in [0.29, 0.717) is 24.8 Å². The number of carbonyl (C=O) groups is 4. The van der Waals surface area contributed by atoms with Crippen molar-refractivity contribution in [3.8, 4) is 11.5 Å². The number of hydrogen-bond donors (Lipinski definition) is 2. The minimum atomic E-state index is -1.80. The normalized spacial score (nSPS) is 13.0. The third-order valence-corrected chi connectivity index (χ3v) is 6.24. The molecular formula is C30H47NO10. The first-order valence-corrected chi connectivity index (χ1v) is 14.6. The lowest BCUT2D eigenvalue weighted by atomic mass is 9.86. The van der Waals surface area contributed by atoms with Crippen molar-refractivity contribution in [2.24, 2.45) is 5.73 Å². The first-order chi connectivity index (χ1) is 19.5. The van der Waals surface area contributed by atoms with Gasteiger partial charge in [-0.1, -0.05) is 65.4 Å². The van der Waals surface area contributed by atoms with Crippen LogP contribution in [0.1, 0.15) is 104 Å². The molecule has 0 fully saturated rings. The van der Waals surface area contributed by atoms with Crippen LogP contribution in [0.5, 0.6) is 11.5 Å². The lowest BCUT2D eigenvalue weighted by molar-refractivity contribution is -0.153. The molecule has 0 saturated heterocycles. The first kappa shape index (κ1) is 35.7. The zero-order valence-corrected chi connectivity index (χ0v) is 24.9. The van der Waals surface area contributed by atoms with Crippen molar-refractivity contribution < 1.29 is 48.0 Å². The SMILES string of the molecule is CCCCCOC(=O)Oc1ccc(CC(N)(C[C@H](C)OC(=O)CCCCC)C(=O)O)cc1OC(=O)OCCCCC. The van der Waals surface area contributed by atoms with E-state index in [1.165, 1.54) is 18.2 Å². The van der Waals surface area contributed by atoms with Gasteiger partial charge in [0.15, 0.2) is 11.5 Å². The average molecular weight is 582 g/mol. The Hall–Kier alpha value is -3.34. The minimum Gasteiger partial charge on any atom is -0.480 e. The van der Waals surface area contributed by atoms with E-state index in [9.17, 15) is 24.3 Å². The number of carboxylic acid groups (broad SMARTS) is 1. The summed E-state index contributed by atoms with van der Waals surface area (Å²) < 4.78 is 26.1. The predicted octanol–water partition coefficient (Wildman–Crippen LogP) is 6.32. The maximum atomic E-state index is 12.3. The number of esters is 1. The highest BCUT2D eigenvalue weighted by Gasteiger charge is 2.37. The van der Waals surface area contributed by atoms with Crippen LogP contribution in [0.2, 0.25) is 0 Å². The first-order valence-electron chi connectivity index (χ1n) is 14.6. The van der Waals surface area contributed by atoms with Crippen LogP contribution < -0.4 is 15.2 Å². The maximum absolute atomic E-state index is 12.3. The molecule has 0 aliphatic rings. The second kappa shape index (κ2) is 19.7. The minimum absolute atomic E-state index is 0.105. The molecule has 1 aromatic carbocycles. The molecular weight excluding hydrogens is 534 g/mol. The largest absolute Gasteiger partial charge is 0.513 e. The Morgan fingerprint density at radius 2 is 1.37 bits per heavy atom. The summed E-state index contributed by atoms with van der Waals surface area (Å²) in [6, 6.07) is 4.23. The molecule has 0 amide bonds. The van der Waals surface area contributed by atoms with Gasteiger partial charge in [-0.25, -0.2) is 9.59 Å². The monoisotopic (exact) mass is 581 g/mol. The quantitative estimate of drug-likeness (QED) is 0.0766. The van der Waals surface area contributed by atoms with Gasteiger partial charge in [0.05, 0.1) is 13.2 Å². The number of unbranched alkanes of at least 4 members (excludes halogenated alkanes) is 6. The van der Waals surface area contributed by atoms with Crippen molar-refractivity contribution in [3.63, 3.8) is 0 Å². The van der Waals surface area contributed by atoms with Crippen molar-refractivity contribution >= 4 is 24.2 Å². The Morgan fingerprint density at radius 1 is 0.829 bits per heavy atom. The summed E-state index contributed by atoms with van der Waals surface area (Å²) >= 11 is 0. The highest BCUT2D eigenvalue weighted by Crippen LogP contribution is 2.31. The van der Waals surface area contributed by atoms with Crippen LogP contribution >= 0.6 is 0 Å². The molecule has 0 heterocycles. The third kappa shape index (κ3) is 14.7. The van der Waals surface area contributed by atoms with Gasteiger partial charge in [-0.05, 0) is 43.9 Å². The molecule has 41 heavy (non-hydrogen) atoms. The smallest absolute Gasteiger partial charge is 0.480 e. The number of hydrogen-bond acceptors (Lipinski definition) is 10. The van der Waals surface area contributed by atoms with Gasteiger partial charge in [0.25, 0.3) is 0 Å². The van der Waals surface area contributed by atoms with Gasteiger partial charge in [0, 0.05) is 19.3 Å². The molecule has 232 valence electrons. The van der Waals surface area contributed by atoms with Crippen molar-refractivity contribution in [3.05, 3.63) is 23.8 Å². The average Bonchev–Trinajstić information content (AvgIpc) is 2.90. The zero-order valence-electron chi connectivity index (χ0n) is 24.9. The summed E-state index contributed by atoms with van der Waals surface area (Å²) in [5.41, 5.74) is 4.87. The number of benzene rings is 1. The van der Waals surface area contributed by atoms with Gasteiger partial charge < -0.3 is 34.5 Å². The van der Waals surface area contributed by atoms with E-state index in [-0.39, 0.29) is 44.0 Å². The van der Waals surface area contributed by atoms with Gasteiger partial charge in [0.1, 0.15) is 11.6 Å². The van der Waals surface area contributed by atoms with Crippen LogP contribution in [0.15, 0.2) is 18.2 Å². The topological polar surface area (TPSA) is 161 Å². The number of carboxylic acids is 1. The van der Waals surface area contributed by atoms with Gasteiger partial charge >= 0.3 is 24.2 Å². The molecule has 0 bridgehead atoms. The van der Waals surface area contributed by atoms with Gasteiger partial charge in [-0.3, -0.25) is 9.59 Å². The third-order valence-electron chi connectivity index (χ3n) is 6.24. The summed E-state index contributed by atoms with van der Waals surface area (Å²) in [4.78, 5) is 48.8. The Kier molecular flexibility index (Phi) is 17.1. The van der Waals surface area contributed by atoms with Crippen LogP contribution in [0.25, 0.3) is 0 Å². The Bertz CT molecular complexity index is 967. The van der Waals surface area contributed by atoms with E-state index >= 15 is 0 Å². The van der Waals surface area contributed by atoms with E-state index in [2.05, 4.69) is 0 Å². The number of carbonyl (C=O) groups excluding carboxylic acids is 3. The Balaban J connectivity index is 3.05. The number of aliphatic carboxylic acids is 1. The van der Waals surface area contributed by atoms with E-state index in [1.807, 2.05) is 20.8 Å². The fourth-order valence-electron chi connectivity index (χ4n) is 4.04. The predicted molar refractivity (Wildman–Crippen MR) is 152 cm³/mol.